The van der Waals surface area contributed by atoms with E-state index >= 15 is 0 Å². The Labute approximate surface area is 131 Å². The van der Waals surface area contributed by atoms with Crippen LogP contribution in [0.1, 0.15) is 11.3 Å². The lowest BCUT2D eigenvalue weighted by molar-refractivity contribution is 0.365. The van der Waals surface area contributed by atoms with Crippen molar-refractivity contribution in [2.75, 3.05) is 13.2 Å². The molecule has 0 spiro atoms. The fourth-order valence-electron chi connectivity index (χ4n) is 1.75. The first-order valence-corrected chi connectivity index (χ1v) is 7.95. The molecule has 1 aromatic heterocycles. The Morgan fingerprint density at radius 2 is 2.35 bits per heavy atom. The van der Waals surface area contributed by atoms with Gasteiger partial charge in [-0.3, -0.25) is 0 Å². The molecule has 3 nitrogen and oxygen atoms in total. The number of aromatic nitrogens is 1. The lowest BCUT2D eigenvalue weighted by Crippen LogP contribution is -2.17. The van der Waals surface area contributed by atoms with Crippen molar-refractivity contribution in [1.29, 1.82) is 0 Å². The number of benzene rings is 1. The van der Waals surface area contributed by atoms with E-state index in [4.69, 9.17) is 11.2 Å². The van der Waals surface area contributed by atoms with Gasteiger partial charge in [-0.25, -0.2) is 4.98 Å². The summed E-state index contributed by atoms with van der Waals surface area (Å²) in [6.45, 7) is 1.90. The van der Waals surface area contributed by atoms with Gasteiger partial charge in [0.1, 0.15) is 12.4 Å². The fraction of sp³-hybridized carbons (Fsp3) is 0.267. The average molecular weight is 351 g/mol. The predicted octanol–water partition coefficient (Wildman–Crippen LogP) is 3.25. The maximum atomic E-state index is 5.54. The third kappa shape index (κ3) is 4.64. The van der Waals surface area contributed by atoms with E-state index in [0.717, 1.165) is 41.0 Å². The summed E-state index contributed by atoms with van der Waals surface area (Å²) in [6, 6.07) is 5.92. The average Bonchev–Trinajstić information content (AvgIpc) is 2.96. The van der Waals surface area contributed by atoms with Crippen LogP contribution in [0.25, 0.3) is 0 Å². The molecular formula is C15H15BrN2OS. The summed E-state index contributed by atoms with van der Waals surface area (Å²) < 4.78 is 6.57. The maximum Gasteiger partial charge on any atom is 0.148 e. The van der Waals surface area contributed by atoms with Crippen LogP contribution in [0.4, 0.5) is 0 Å². The van der Waals surface area contributed by atoms with Crippen LogP contribution in [0.2, 0.25) is 0 Å². The highest BCUT2D eigenvalue weighted by Crippen LogP contribution is 2.23. The number of nitrogens with zero attached hydrogens (tertiary/aromatic N) is 1. The molecule has 0 aliphatic heterocycles. The third-order valence-corrected chi connectivity index (χ3v) is 3.82. The summed E-state index contributed by atoms with van der Waals surface area (Å²) in [4.78, 5) is 4.26. The van der Waals surface area contributed by atoms with E-state index in [2.05, 4.69) is 37.5 Å². The summed E-state index contributed by atoms with van der Waals surface area (Å²) in [5.74, 6) is 3.31. The second kappa shape index (κ2) is 8.05. The molecule has 0 saturated heterocycles. The van der Waals surface area contributed by atoms with Crippen LogP contribution < -0.4 is 10.1 Å². The van der Waals surface area contributed by atoms with Crippen LogP contribution in [0.15, 0.2) is 33.6 Å². The van der Waals surface area contributed by atoms with Crippen LogP contribution in [-0.2, 0) is 13.0 Å². The van der Waals surface area contributed by atoms with E-state index in [1.165, 1.54) is 0 Å². The van der Waals surface area contributed by atoms with Gasteiger partial charge >= 0.3 is 0 Å². The van der Waals surface area contributed by atoms with E-state index in [1.807, 2.05) is 23.7 Å². The van der Waals surface area contributed by atoms with Crippen molar-refractivity contribution >= 4 is 27.3 Å². The molecule has 1 aromatic carbocycles. The van der Waals surface area contributed by atoms with Crippen molar-refractivity contribution in [2.24, 2.45) is 0 Å². The number of ether oxygens (including phenoxy) is 1. The van der Waals surface area contributed by atoms with Gasteiger partial charge in [0, 0.05) is 34.9 Å². The molecule has 20 heavy (non-hydrogen) atoms. The topological polar surface area (TPSA) is 34.1 Å². The number of nitrogens with one attached hydrogen (secondary N) is 1. The second-order valence-corrected chi connectivity index (χ2v) is 5.79. The summed E-state index contributed by atoms with van der Waals surface area (Å²) in [5, 5.41) is 5.47. The SMILES string of the molecule is C#CCOc1ccc(Br)cc1CNCCc1cscn1. The lowest BCUT2D eigenvalue weighted by Gasteiger charge is -2.11. The number of rotatable bonds is 7. The Bertz CT molecular complexity index is 578. The Morgan fingerprint density at radius 3 is 3.10 bits per heavy atom. The number of thiazole rings is 1. The standard InChI is InChI=1S/C15H15BrN2OS/c1-2-7-19-15-4-3-13(16)8-12(15)9-17-6-5-14-10-20-11-18-14/h1,3-4,8,10-11,17H,5-7,9H2. The molecule has 0 aliphatic carbocycles. The summed E-state index contributed by atoms with van der Waals surface area (Å²) in [5.41, 5.74) is 4.07. The first kappa shape index (κ1) is 15.0. The Kier molecular flexibility index (Phi) is 6.06. The van der Waals surface area contributed by atoms with Gasteiger partial charge in [-0.15, -0.1) is 17.8 Å². The van der Waals surface area contributed by atoms with Crippen molar-refractivity contribution in [1.82, 2.24) is 10.3 Å². The van der Waals surface area contributed by atoms with Gasteiger partial charge in [-0.1, -0.05) is 21.9 Å². The molecule has 1 N–H and O–H groups in total. The Morgan fingerprint density at radius 1 is 1.45 bits per heavy atom. The smallest absolute Gasteiger partial charge is 0.148 e. The van der Waals surface area contributed by atoms with Crippen LogP contribution >= 0.6 is 27.3 Å². The number of terminal acetylenes is 1. The van der Waals surface area contributed by atoms with Gasteiger partial charge in [-0.2, -0.15) is 0 Å². The molecule has 1 heterocycles. The van der Waals surface area contributed by atoms with Gasteiger partial charge < -0.3 is 10.1 Å². The summed E-state index contributed by atoms with van der Waals surface area (Å²) >= 11 is 5.10. The van der Waals surface area contributed by atoms with Crippen LogP contribution in [0.3, 0.4) is 0 Å². The van der Waals surface area contributed by atoms with Crippen molar-refractivity contribution in [3.8, 4) is 18.1 Å². The molecule has 0 bridgehead atoms. The zero-order valence-electron chi connectivity index (χ0n) is 10.9. The Balaban J connectivity index is 1.87. The number of hydrogen-bond acceptors (Lipinski definition) is 4. The van der Waals surface area contributed by atoms with E-state index in [-0.39, 0.29) is 6.61 Å². The van der Waals surface area contributed by atoms with Crippen LogP contribution in [0, 0.1) is 12.3 Å². The molecule has 0 amide bonds. The maximum absolute atomic E-state index is 5.54. The number of hydrogen-bond donors (Lipinski definition) is 1. The molecule has 0 fully saturated rings. The minimum absolute atomic E-state index is 0.285. The molecule has 0 radical (unpaired) electrons. The van der Waals surface area contributed by atoms with E-state index < -0.39 is 0 Å². The zero-order chi connectivity index (χ0) is 14.2. The van der Waals surface area contributed by atoms with Gasteiger partial charge in [-0.05, 0) is 18.2 Å². The summed E-state index contributed by atoms with van der Waals surface area (Å²) in [7, 11) is 0. The normalized spacial score (nSPS) is 10.2. The van der Waals surface area contributed by atoms with Crippen molar-refractivity contribution in [3.05, 3.63) is 44.8 Å². The van der Waals surface area contributed by atoms with Gasteiger partial charge in [0.2, 0.25) is 0 Å². The molecule has 5 heteroatoms. The van der Waals surface area contributed by atoms with Gasteiger partial charge in [0.05, 0.1) is 11.2 Å². The number of halogens is 1. The van der Waals surface area contributed by atoms with Crippen LogP contribution in [-0.4, -0.2) is 18.1 Å². The second-order valence-electron chi connectivity index (χ2n) is 4.15. The van der Waals surface area contributed by atoms with Gasteiger partial charge in [0.15, 0.2) is 0 Å². The largest absolute Gasteiger partial charge is 0.481 e. The van der Waals surface area contributed by atoms with Crippen molar-refractivity contribution in [2.45, 2.75) is 13.0 Å². The van der Waals surface area contributed by atoms with E-state index in [9.17, 15) is 0 Å². The molecule has 2 rings (SSSR count). The van der Waals surface area contributed by atoms with E-state index in [0.29, 0.717) is 0 Å². The van der Waals surface area contributed by atoms with Crippen molar-refractivity contribution in [3.63, 3.8) is 0 Å². The predicted molar refractivity (Wildman–Crippen MR) is 86.0 cm³/mol. The molecule has 0 unspecified atom stereocenters. The third-order valence-electron chi connectivity index (χ3n) is 2.69. The van der Waals surface area contributed by atoms with E-state index in [1.54, 1.807) is 11.3 Å². The highest BCUT2D eigenvalue weighted by Gasteiger charge is 2.04. The molecule has 104 valence electrons. The first-order chi connectivity index (χ1) is 9.79. The first-order valence-electron chi connectivity index (χ1n) is 6.22. The molecule has 0 aliphatic rings. The quantitative estimate of drug-likeness (QED) is 0.614. The van der Waals surface area contributed by atoms with Gasteiger partial charge in [0.25, 0.3) is 0 Å². The highest BCUT2D eigenvalue weighted by atomic mass is 79.9. The van der Waals surface area contributed by atoms with Crippen LogP contribution in [0.5, 0.6) is 5.75 Å². The monoisotopic (exact) mass is 350 g/mol. The molecular weight excluding hydrogens is 336 g/mol. The Hall–Kier alpha value is -1.35. The summed E-state index contributed by atoms with van der Waals surface area (Å²) in [6.07, 6.45) is 6.15. The molecule has 0 atom stereocenters. The minimum Gasteiger partial charge on any atom is -0.481 e. The fourth-order valence-corrected chi connectivity index (χ4v) is 2.75. The zero-order valence-corrected chi connectivity index (χ0v) is 13.3. The lowest BCUT2D eigenvalue weighted by atomic mass is 10.2. The van der Waals surface area contributed by atoms with Crippen molar-refractivity contribution < 1.29 is 4.74 Å². The molecule has 2 aromatic rings. The highest BCUT2D eigenvalue weighted by molar-refractivity contribution is 9.10. The minimum atomic E-state index is 0.285. The molecule has 0 saturated carbocycles.